The summed E-state index contributed by atoms with van der Waals surface area (Å²) in [5, 5.41) is 13.5. The minimum absolute atomic E-state index is 0.0558. The van der Waals surface area contributed by atoms with Crippen LogP contribution in [-0.4, -0.2) is 23.2 Å². The van der Waals surface area contributed by atoms with Gasteiger partial charge in [0.15, 0.2) is 12.4 Å². The van der Waals surface area contributed by atoms with E-state index in [1.807, 2.05) is 13.8 Å². The first-order valence-electron chi connectivity index (χ1n) is 8.26. The van der Waals surface area contributed by atoms with Crippen molar-refractivity contribution in [1.82, 2.24) is 0 Å². The number of hydrogen-bond donors (Lipinski definition) is 1. The van der Waals surface area contributed by atoms with E-state index < -0.39 is 4.92 Å². The maximum Gasteiger partial charge on any atom is 0.271 e. The number of hydrogen-bond acceptors (Lipinski definition) is 5. The average Bonchev–Trinajstić information content (AvgIpc) is 2.60. The number of halogens is 1. The number of non-ortho nitro benzene ring substituents is 1. The Kier molecular flexibility index (Phi) is 6.90. The maximum absolute atomic E-state index is 12.2. The summed E-state index contributed by atoms with van der Waals surface area (Å²) in [6, 6.07) is 10.2. The van der Waals surface area contributed by atoms with Gasteiger partial charge in [0.1, 0.15) is 5.75 Å². The third-order valence-electron chi connectivity index (χ3n) is 3.57. The highest BCUT2D eigenvalue weighted by Crippen LogP contribution is 2.28. The van der Waals surface area contributed by atoms with Gasteiger partial charge in [-0.15, -0.1) is 0 Å². The first kappa shape index (κ1) is 20.4. The molecule has 7 nitrogen and oxygen atoms in total. The summed E-state index contributed by atoms with van der Waals surface area (Å²) < 4.78 is 5.35. The van der Waals surface area contributed by atoms with Gasteiger partial charge in [0.05, 0.1) is 9.95 Å². The number of nitro benzene ring substituents is 1. The van der Waals surface area contributed by atoms with Crippen LogP contribution in [-0.2, 0) is 4.79 Å². The molecule has 2 aromatic rings. The number of carbonyl (C=O) groups excluding carboxylic acids is 2. The number of rotatable bonds is 8. The highest BCUT2D eigenvalue weighted by Gasteiger charge is 2.13. The van der Waals surface area contributed by atoms with Crippen molar-refractivity contribution in [3.63, 3.8) is 0 Å². The van der Waals surface area contributed by atoms with Crippen molar-refractivity contribution < 1.29 is 19.2 Å². The fraction of sp³-hybridized carbons (Fsp3) is 0.263. The molecule has 0 aliphatic carbocycles. The van der Waals surface area contributed by atoms with Crippen molar-refractivity contribution in [2.24, 2.45) is 5.92 Å². The largest absolute Gasteiger partial charge is 0.484 e. The van der Waals surface area contributed by atoms with E-state index in [2.05, 4.69) is 5.32 Å². The van der Waals surface area contributed by atoms with Crippen molar-refractivity contribution in [2.45, 2.75) is 20.3 Å². The summed E-state index contributed by atoms with van der Waals surface area (Å²) in [5.41, 5.74) is 0.861. The molecule has 0 saturated heterocycles. The van der Waals surface area contributed by atoms with Crippen LogP contribution in [0.1, 0.15) is 30.6 Å². The SMILES string of the molecule is CC(C)CC(=O)Nc1ccc(C(=O)COc2ccc([N+](=O)[O-])cc2Cl)cc1. The Balaban J connectivity index is 1.94. The molecule has 0 radical (unpaired) electrons. The highest BCUT2D eigenvalue weighted by atomic mass is 35.5. The molecular formula is C19H19ClN2O5. The van der Waals surface area contributed by atoms with Gasteiger partial charge in [-0.05, 0) is 36.2 Å². The molecule has 0 heterocycles. The molecule has 1 N–H and O–H groups in total. The molecule has 2 aromatic carbocycles. The van der Waals surface area contributed by atoms with E-state index in [0.29, 0.717) is 17.7 Å². The number of nitrogens with one attached hydrogen (secondary N) is 1. The standard InChI is InChI=1S/C19H19ClN2O5/c1-12(2)9-19(24)21-14-5-3-13(4-6-14)17(23)11-27-18-8-7-15(22(25)26)10-16(18)20/h3-8,10,12H,9,11H2,1-2H3,(H,21,24). The molecule has 0 fully saturated rings. The van der Waals surface area contributed by atoms with Crippen molar-refractivity contribution in [3.8, 4) is 5.75 Å². The number of Topliss-reactive ketones (excluding diaryl/α,β-unsaturated/α-hetero) is 1. The van der Waals surface area contributed by atoms with Gasteiger partial charge in [-0.3, -0.25) is 19.7 Å². The number of benzene rings is 2. The molecule has 0 aromatic heterocycles. The zero-order valence-electron chi connectivity index (χ0n) is 14.9. The van der Waals surface area contributed by atoms with Crippen LogP contribution in [0, 0.1) is 16.0 Å². The number of nitro groups is 1. The van der Waals surface area contributed by atoms with E-state index in [1.54, 1.807) is 24.3 Å². The van der Waals surface area contributed by atoms with Crippen molar-refractivity contribution in [3.05, 3.63) is 63.2 Å². The fourth-order valence-electron chi connectivity index (χ4n) is 2.27. The highest BCUT2D eigenvalue weighted by molar-refractivity contribution is 6.32. The molecule has 142 valence electrons. The number of ketones is 1. The van der Waals surface area contributed by atoms with E-state index in [0.717, 1.165) is 6.07 Å². The number of carbonyl (C=O) groups is 2. The van der Waals surface area contributed by atoms with Crippen LogP contribution in [0.15, 0.2) is 42.5 Å². The van der Waals surface area contributed by atoms with Gasteiger partial charge in [0.2, 0.25) is 5.91 Å². The monoisotopic (exact) mass is 390 g/mol. The van der Waals surface area contributed by atoms with Gasteiger partial charge in [-0.2, -0.15) is 0 Å². The van der Waals surface area contributed by atoms with Crippen LogP contribution in [0.5, 0.6) is 5.75 Å². The molecule has 0 bridgehead atoms. The second kappa shape index (κ2) is 9.14. The topological polar surface area (TPSA) is 98.5 Å². The van der Waals surface area contributed by atoms with Crippen LogP contribution in [0.2, 0.25) is 5.02 Å². The second-order valence-electron chi connectivity index (χ2n) is 6.31. The van der Waals surface area contributed by atoms with Crippen molar-refractivity contribution in [1.29, 1.82) is 0 Å². The first-order chi connectivity index (χ1) is 12.8. The molecule has 0 aliphatic rings. The lowest BCUT2D eigenvalue weighted by Gasteiger charge is -2.09. The summed E-state index contributed by atoms with van der Waals surface area (Å²) in [5.74, 6) is 0.0760. The third kappa shape index (κ3) is 6.07. The van der Waals surface area contributed by atoms with Crippen LogP contribution < -0.4 is 10.1 Å². The van der Waals surface area contributed by atoms with Gasteiger partial charge in [-0.1, -0.05) is 25.4 Å². The second-order valence-corrected chi connectivity index (χ2v) is 6.71. The molecular weight excluding hydrogens is 372 g/mol. The summed E-state index contributed by atoms with van der Waals surface area (Å²) in [7, 11) is 0. The average molecular weight is 391 g/mol. The van der Waals surface area contributed by atoms with E-state index >= 15 is 0 Å². The molecule has 0 aliphatic heterocycles. The van der Waals surface area contributed by atoms with Crippen molar-refractivity contribution in [2.75, 3.05) is 11.9 Å². The van der Waals surface area contributed by atoms with E-state index in [9.17, 15) is 19.7 Å². The van der Waals surface area contributed by atoms with Gasteiger partial charge >= 0.3 is 0 Å². The predicted octanol–water partition coefficient (Wildman–Crippen LogP) is 4.49. The van der Waals surface area contributed by atoms with Crippen LogP contribution in [0.4, 0.5) is 11.4 Å². The van der Waals surface area contributed by atoms with E-state index in [4.69, 9.17) is 16.3 Å². The maximum atomic E-state index is 12.2. The molecule has 27 heavy (non-hydrogen) atoms. The summed E-state index contributed by atoms with van der Waals surface area (Å²) in [4.78, 5) is 34.1. The quantitative estimate of drug-likeness (QED) is 0.406. The summed E-state index contributed by atoms with van der Waals surface area (Å²) in [6.45, 7) is 3.65. The van der Waals surface area contributed by atoms with Gasteiger partial charge in [-0.25, -0.2) is 0 Å². The van der Waals surface area contributed by atoms with Crippen LogP contribution >= 0.6 is 11.6 Å². The smallest absolute Gasteiger partial charge is 0.271 e. The number of ether oxygens (including phenoxy) is 1. The predicted molar refractivity (Wildman–Crippen MR) is 102 cm³/mol. The van der Waals surface area contributed by atoms with E-state index in [-0.39, 0.29) is 40.7 Å². The normalized spacial score (nSPS) is 10.5. The number of nitrogens with zero attached hydrogens (tertiary/aromatic N) is 1. The molecule has 2 rings (SSSR count). The zero-order valence-corrected chi connectivity index (χ0v) is 15.7. The minimum Gasteiger partial charge on any atom is -0.484 e. The van der Waals surface area contributed by atoms with Gasteiger partial charge < -0.3 is 10.1 Å². The number of amides is 1. The Morgan fingerprint density at radius 2 is 1.85 bits per heavy atom. The Hall–Kier alpha value is -2.93. The fourth-order valence-corrected chi connectivity index (χ4v) is 2.50. The van der Waals surface area contributed by atoms with Crippen LogP contribution in [0.3, 0.4) is 0 Å². The van der Waals surface area contributed by atoms with E-state index in [1.165, 1.54) is 12.1 Å². The Bertz CT molecular complexity index is 850. The summed E-state index contributed by atoms with van der Waals surface area (Å²) in [6.07, 6.45) is 0.421. The Morgan fingerprint density at radius 3 is 2.41 bits per heavy atom. The third-order valence-corrected chi connectivity index (χ3v) is 3.86. The molecule has 1 amide bonds. The Labute approximate surface area is 161 Å². The number of anilines is 1. The van der Waals surface area contributed by atoms with Crippen molar-refractivity contribution >= 4 is 34.7 Å². The lowest BCUT2D eigenvalue weighted by atomic mass is 10.1. The molecule has 8 heteroatoms. The minimum atomic E-state index is -0.567. The van der Waals surface area contributed by atoms with Crippen LogP contribution in [0.25, 0.3) is 0 Å². The molecule has 0 atom stereocenters. The first-order valence-corrected chi connectivity index (χ1v) is 8.64. The summed E-state index contributed by atoms with van der Waals surface area (Å²) >= 11 is 5.93. The lowest BCUT2D eigenvalue weighted by molar-refractivity contribution is -0.384. The Morgan fingerprint density at radius 1 is 1.19 bits per heavy atom. The molecule has 0 spiro atoms. The molecule has 0 saturated carbocycles. The van der Waals surface area contributed by atoms with Gasteiger partial charge in [0, 0.05) is 29.8 Å². The molecule has 0 unspecified atom stereocenters. The van der Waals surface area contributed by atoms with Gasteiger partial charge in [0.25, 0.3) is 5.69 Å². The zero-order chi connectivity index (χ0) is 20.0. The lowest BCUT2D eigenvalue weighted by Crippen LogP contribution is -2.14.